The monoisotopic (exact) mass is 482 g/mol. The summed E-state index contributed by atoms with van der Waals surface area (Å²) in [6.45, 7) is 8.02. The van der Waals surface area contributed by atoms with Crippen LogP contribution in [0.1, 0.15) is 74.6 Å². The molecule has 3 rings (SSSR count). The smallest absolute Gasteiger partial charge is 0.289 e. The predicted molar refractivity (Wildman–Crippen MR) is 132 cm³/mol. The number of nitrogens with zero attached hydrogens (tertiary/aromatic N) is 4. The Morgan fingerprint density at radius 3 is 2.26 bits per heavy atom. The van der Waals surface area contributed by atoms with E-state index in [1.165, 1.54) is 10.9 Å². The Balaban J connectivity index is 1.86. The second kappa shape index (κ2) is 12.3. The van der Waals surface area contributed by atoms with E-state index < -0.39 is 0 Å². The molecule has 0 aliphatic carbocycles. The van der Waals surface area contributed by atoms with Crippen LogP contribution in [0.4, 0.5) is 0 Å². The maximum absolute atomic E-state index is 12.8. The second-order valence-electron chi connectivity index (χ2n) is 8.29. The standard InChI is InChI=1S/C25H34N6O4/c1-5-18(6-2)27-23(33)20-15-26-25(35-20)17-11-9-10-16(14-17)21-29-22(31(30-21)12-13-32)24(34)28-19(7-3)8-4/h9-11,14-15,18-19,32H,5-8,12-13H2,1-4H3,(H,27,33)(H,28,34). The number of aliphatic hydroxyl groups is 1. The van der Waals surface area contributed by atoms with Gasteiger partial charge in [0.2, 0.25) is 17.5 Å². The van der Waals surface area contributed by atoms with Gasteiger partial charge in [0.25, 0.3) is 11.8 Å². The van der Waals surface area contributed by atoms with Crippen LogP contribution in [-0.4, -0.2) is 55.4 Å². The molecule has 188 valence electrons. The van der Waals surface area contributed by atoms with Crippen LogP contribution < -0.4 is 10.6 Å². The van der Waals surface area contributed by atoms with Crippen molar-refractivity contribution in [3.8, 4) is 22.8 Å². The zero-order valence-corrected chi connectivity index (χ0v) is 20.7. The molecule has 3 N–H and O–H groups in total. The van der Waals surface area contributed by atoms with Gasteiger partial charge in [-0.05, 0) is 37.8 Å². The summed E-state index contributed by atoms with van der Waals surface area (Å²) in [7, 11) is 0. The molecule has 0 saturated carbocycles. The fraction of sp³-hybridized carbons (Fsp3) is 0.480. The number of aromatic nitrogens is 4. The van der Waals surface area contributed by atoms with Gasteiger partial charge in [0.15, 0.2) is 5.82 Å². The molecule has 10 heteroatoms. The van der Waals surface area contributed by atoms with Gasteiger partial charge in [-0.1, -0.05) is 39.8 Å². The third-order valence-electron chi connectivity index (χ3n) is 5.93. The minimum absolute atomic E-state index is 0.0370. The molecule has 0 aliphatic heterocycles. The Kier molecular flexibility index (Phi) is 9.13. The van der Waals surface area contributed by atoms with Gasteiger partial charge in [-0.15, -0.1) is 0 Å². The predicted octanol–water partition coefficient (Wildman–Crippen LogP) is 3.43. The van der Waals surface area contributed by atoms with Crippen LogP contribution in [0.25, 0.3) is 22.8 Å². The summed E-state index contributed by atoms with van der Waals surface area (Å²) >= 11 is 0. The summed E-state index contributed by atoms with van der Waals surface area (Å²) in [4.78, 5) is 34.0. The van der Waals surface area contributed by atoms with Crippen LogP contribution in [0.15, 0.2) is 34.9 Å². The Morgan fingerprint density at radius 2 is 1.63 bits per heavy atom. The van der Waals surface area contributed by atoms with Crippen molar-refractivity contribution in [2.45, 2.75) is 72.0 Å². The lowest BCUT2D eigenvalue weighted by Crippen LogP contribution is -2.35. The number of oxazole rings is 1. The first-order chi connectivity index (χ1) is 16.9. The summed E-state index contributed by atoms with van der Waals surface area (Å²) in [6, 6.07) is 7.33. The molecule has 0 aliphatic rings. The van der Waals surface area contributed by atoms with E-state index >= 15 is 0 Å². The van der Waals surface area contributed by atoms with Crippen LogP contribution in [-0.2, 0) is 6.54 Å². The van der Waals surface area contributed by atoms with Crippen molar-refractivity contribution in [1.29, 1.82) is 0 Å². The lowest BCUT2D eigenvalue weighted by atomic mass is 10.1. The molecule has 0 saturated heterocycles. The highest BCUT2D eigenvalue weighted by molar-refractivity contribution is 5.92. The molecule has 2 heterocycles. The lowest BCUT2D eigenvalue weighted by Gasteiger charge is -2.14. The second-order valence-corrected chi connectivity index (χ2v) is 8.29. The van der Waals surface area contributed by atoms with Crippen molar-refractivity contribution in [2.24, 2.45) is 0 Å². The van der Waals surface area contributed by atoms with Gasteiger partial charge in [0.1, 0.15) is 0 Å². The van der Waals surface area contributed by atoms with Crippen molar-refractivity contribution in [3.63, 3.8) is 0 Å². The molecule has 0 radical (unpaired) electrons. The Hall–Kier alpha value is -3.53. The zero-order chi connectivity index (χ0) is 25.4. The molecule has 0 atom stereocenters. The fourth-order valence-corrected chi connectivity index (χ4v) is 3.68. The number of nitrogens with one attached hydrogen (secondary N) is 2. The van der Waals surface area contributed by atoms with Gasteiger partial charge in [-0.25, -0.2) is 14.6 Å². The molecule has 0 unspecified atom stereocenters. The van der Waals surface area contributed by atoms with E-state index in [0.29, 0.717) is 22.8 Å². The van der Waals surface area contributed by atoms with Crippen LogP contribution >= 0.6 is 0 Å². The number of carbonyl (C=O) groups excluding carboxylic acids is 2. The highest BCUT2D eigenvalue weighted by Gasteiger charge is 2.21. The van der Waals surface area contributed by atoms with Crippen molar-refractivity contribution >= 4 is 11.8 Å². The highest BCUT2D eigenvalue weighted by Crippen LogP contribution is 2.25. The Bertz CT molecular complexity index is 1130. The molecule has 0 bridgehead atoms. The number of benzene rings is 1. The molecular weight excluding hydrogens is 448 g/mol. The third kappa shape index (κ3) is 6.33. The van der Waals surface area contributed by atoms with Crippen LogP contribution in [0.2, 0.25) is 0 Å². The van der Waals surface area contributed by atoms with Gasteiger partial charge >= 0.3 is 0 Å². The third-order valence-corrected chi connectivity index (χ3v) is 5.93. The minimum Gasteiger partial charge on any atom is -0.431 e. The summed E-state index contributed by atoms with van der Waals surface area (Å²) in [5.74, 6) is 0.288. The summed E-state index contributed by atoms with van der Waals surface area (Å²) in [5.41, 5.74) is 1.29. The summed E-state index contributed by atoms with van der Waals surface area (Å²) in [5, 5.41) is 19.8. The lowest BCUT2D eigenvalue weighted by molar-refractivity contribution is 0.0903. The van der Waals surface area contributed by atoms with Gasteiger partial charge in [-0.2, -0.15) is 5.10 Å². The first kappa shape index (κ1) is 26.1. The number of rotatable bonds is 12. The first-order valence-electron chi connectivity index (χ1n) is 12.2. The molecule has 1 aromatic carbocycles. The number of amides is 2. The molecule has 2 aromatic heterocycles. The molecular formula is C25H34N6O4. The SMILES string of the molecule is CCC(CC)NC(=O)c1cnc(-c2cccc(-c3nc(C(=O)NC(CC)CC)n(CCO)n3)c2)o1. The van der Waals surface area contributed by atoms with E-state index in [9.17, 15) is 14.7 Å². The van der Waals surface area contributed by atoms with Gasteiger partial charge in [0, 0.05) is 23.2 Å². The highest BCUT2D eigenvalue weighted by atomic mass is 16.4. The van der Waals surface area contributed by atoms with E-state index in [1.54, 1.807) is 12.1 Å². The Morgan fingerprint density at radius 1 is 1.00 bits per heavy atom. The van der Waals surface area contributed by atoms with E-state index in [-0.39, 0.29) is 48.6 Å². The van der Waals surface area contributed by atoms with Gasteiger partial charge in [-0.3, -0.25) is 9.59 Å². The number of hydrogen-bond donors (Lipinski definition) is 3. The molecule has 2 amide bonds. The molecule has 3 aromatic rings. The maximum Gasteiger partial charge on any atom is 0.289 e. The van der Waals surface area contributed by atoms with E-state index in [1.807, 2.05) is 39.8 Å². The number of aliphatic hydroxyl groups excluding tert-OH is 1. The van der Waals surface area contributed by atoms with Crippen LogP contribution in [0, 0.1) is 0 Å². The summed E-state index contributed by atoms with van der Waals surface area (Å²) in [6.07, 6.45) is 4.68. The average molecular weight is 483 g/mol. The maximum atomic E-state index is 12.8. The Labute approximate surface area is 205 Å². The topological polar surface area (TPSA) is 135 Å². The van der Waals surface area contributed by atoms with E-state index in [4.69, 9.17) is 4.42 Å². The van der Waals surface area contributed by atoms with Crippen molar-refractivity contribution in [1.82, 2.24) is 30.4 Å². The normalized spacial score (nSPS) is 11.3. The van der Waals surface area contributed by atoms with Crippen LogP contribution in [0.3, 0.4) is 0 Å². The molecule has 35 heavy (non-hydrogen) atoms. The van der Waals surface area contributed by atoms with Crippen molar-refractivity contribution in [2.75, 3.05) is 6.61 Å². The molecule has 0 spiro atoms. The van der Waals surface area contributed by atoms with Crippen molar-refractivity contribution < 1.29 is 19.1 Å². The first-order valence-corrected chi connectivity index (χ1v) is 12.2. The minimum atomic E-state index is -0.331. The van der Waals surface area contributed by atoms with Gasteiger partial charge in [0.05, 0.1) is 19.3 Å². The number of hydrogen-bond acceptors (Lipinski definition) is 7. The summed E-state index contributed by atoms with van der Waals surface area (Å²) < 4.78 is 7.13. The molecule has 0 fully saturated rings. The fourth-order valence-electron chi connectivity index (χ4n) is 3.68. The van der Waals surface area contributed by atoms with Gasteiger partial charge < -0.3 is 20.2 Å². The van der Waals surface area contributed by atoms with E-state index in [2.05, 4.69) is 25.7 Å². The van der Waals surface area contributed by atoms with E-state index in [0.717, 1.165) is 25.7 Å². The average Bonchev–Trinajstić information content (AvgIpc) is 3.54. The largest absolute Gasteiger partial charge is 0.431 e. The number of carbonyl (C=O) groups is 2. The zero-order valence-electron chi connectivity index (χ0n) is 20.7. The van der Waals surface area contributed by atoms with Crippen molar-refractivity contribution in [3.05, 3.63) is 42.0 Å². The quantitative estimate of drug-likeness (QED) is 0.360. The van der Waals surface area contributed by atoms with Crippen LogP contribution in [0.5, 0.6) is 0 Å². The molecule has 10 nitrogen and oxygen atoms in total.